The van der Waals surface area contributed by atoms with Crippen LogP contribution in [-0.2, 0) is 20.9 Å². The van der Waals surface area contributed by atoms with Crippen LogP contribution < -0.4 is 10.6 Å². The second kappa shape index (κ2) is 9.44. The van der Waals surface area contributed by atoms with Crippen LogP contribution in [0.4, 0.5) is 5.69 Å². The third kappa shape index (κ3) is 5.03. The Kier molecular flexibility index (Phi) is 6.64. The molecule has 0 bridgehead atoms. The molecule has 4 rings (SSSR count). The first-order valence-corrected chi connectivity index (χ1v) is 10.9. The summed E-state index contributed by atoms with van der Waals surface area (Å²) >= 11 is 12.0. The van der Waals surface area contributed by atoms with E-state index < -0.39 is 6.04 Å². The number of hydrogen-bond acceptors (Lipinski definition) is 6. The fourth-order valence-electron chi connectivity index (χ4n) is 4.24. The highest BCUT2D eigenvalue weighted by atomic mass is 35.5. The lowest BCUT2D eigenvalue weighted by atomic mass is 9.94. The number of nitrogens with zero attached hydrogens (tertiary/aromatic N) is 2. The van der Waals surface area contributed by atoms with Gasteiger partial charge in [0.2, 0.25) is 5.91 Å². The van der Waals surface area contributed by atoms with Crippen LogP contribution in [0.2, 0.25) is 10.0 Å². The predicted octanol–water partition coefficient (Wildman–Crippen LogP) is 2.75. The van der Waals surface area contributed by atoms with Crippen LogP contribution >= 0.6 is 23.2 Å². The van der Waals surface area contributed by atoms with E-state index in [1.807, 2.05) is 0 Å². The Morgan fingerprint density at radius 3 is 2.59 bits per heavy atom. The van der Waals surface area contributed by atoms with Gasteiger partial charge in [-0.2, -0.15) is 0 Å². The van der Waals surface area contributed by atoms with Crippen molar-refractivity contribution in [1.82, 2.24) is 15.2 Å². The van der Waals surface area contributed by atoms with Crippen molar-refractivity contribution >= 4 is 46.7 Å². The number of hydrogen-bond donors (Lipinski definition) is 2. The van der Waals surface area contributed by atoms with Gasteiger partial charge in [0.25, 0.3) is 5.91 Å². The van der Waals surface area contributed by atoms with Crippen molar-refractivity contribution in [3.8, 4) is 0 Å². The number of halogens is 2. The first-order valence-electron chi connectivity index (χ1n) is 10.2. The van der Waals surface area contributed by atoms with Crippen molar-refractivity contribution in [2.24, 2.45) is 11.8 Å². The molecule has 0 radical (unpaired) electrons. The number of rotatable bonds is 5. The highest BCUT2D eigenvalue weighted by Crippen LogP contribution is 2.32. The Bertz CT molecular complexity index is 1030. The molecule has 0 spiro atoms. The zero-order valence-electron chi connectivity index (χ0n) is 17.3. The van der Waals surface area contributed by atoms with Gasteiger partial charge in [-0.1, -0.05) is 23.2 Å². The fourth-order valence-corrected chi connectivity index (χ4v) is 4.81. The van der Waals surface area contributed by atoms with Crippen molar-refractivity contribution < 1.29 is 19.1 Å². The summed E-state index contributed by atoms with van der Waals surface area (Å²) in [6.45, 7) is 3.09. The van der Waals surface area contributed by atoms with Crippen molar-refractivity contribution in [3.63, 3.8) is 0 Å². The number of nitrogens with one attached hydrogen (secondary N) is 2. The van der Waals surface area contributed by atoms with Crippen LogP contribution in [0, 0.1) is 11.8 Å². The number of ether oxygens (including phenoxy) is 1. The Morgan fingerprint density at radius 1 is 1.19 bits per heavy atom. The van der Waals surface area contributed by atoms with E-state index in [1.54, 1.807) is 35.2 Å². The molecule has 32 heavy (non-hydrogen) atoms. The second-order valence-electron chi connectivity index (χ2n) is 8.02. The van der Waals surface area contributed by atoms with E-state index in [0.29, 0.717) is 46.6 Å². The van der Waals surface area contributed by atoms with E-state index in [-0.39, 0.29) is 36.2 Å². The van der Waals surface area contributed by atoms with Crippen LogP contribution in [-0.4, -0.2) is 53.3 Å². The minimum Gasteiger partial charge on any atom is -0.460 e. The molecule has 1 aromatic carbocycles. The van der Waals surface area contributed by atoms with E-state index in [0.717, 1.165) is 0 Å². The largest absolute Gasteiger partial charge is 0.460 e. The van der Waals surface area contributed by atoms with E-state index in [9.17, 15) is 14.4 Å². The number of carbonyl (C=O) groups excluding carboxylic acids is 3. The molecule has 2 aliphatic rings. The van der Waals surface area contributed by atoms with Gasteiger partial charge >= 0.3 is 5.97 Å². The standard InChI is InChI=1S/C22H22Cl2N4O4/c1-12(29)27-17-2-3-19(25-8-17)21(30)28-9-14-7-26-20(18(14)10-28)22(31)32-11-13-4-15(23)6-16(24)5-13/h2-6,8,14,18,20,26H,7,9-11H2,1H3,(H,27,29)/t14-,18-,20?/m1/s1. The summed E-state index contributed by atoms with van der Waals surface area (Å²) in [5, 5.41) is 6.80. The molecule has 2 fully saturated rings. The molecule has 168 valence electrons. The SMILES string of the molecule is CC(=O)Nc1ccc(C(=O)N2C[C@H]3CNC(C(=O)OCc4cc(Cl)cc(Cl)c4)[C@@H]3C2)nc1. The topological polar surface area (TPSA) is 101 Å². The van der Waals surface area contributed by atoms with Gasteiger partial charge in [-0.15, -0.1) is 0 Å². The van der Waals surface area contributed by atoms with Gasteiger partial charge < -0.3 is 20.3 Å². The zero-order valence-corrected chi connectivity index (χ0v) is 18.8. The van der Waals surface area contributed by atoms with Crippen molar-refractivity contribution in [3.05, 3.63) is 57.8 Å². The molecule has 3 atom stereocenters. The van der Waals surface area contributed by atoms with Gasteiger partial charge in [0.05, 0.1) is 11.9 Å². The van der Waals surface area contributed by atoms with Crippen molar-refractivity contribution in [2.45, 2.75) is 19.6 Å². The van der Waals surface area contributed by atoms with Gasteiger partial charge in [-0.3, -0.25) is 14.4 Å². The molecule has 0 aliphatic carbocycles. The summed E-state index contributed by atoms with van der Waals surface area (Å²) in [7, 11) is 0. The van der Waals surface area contributed by atoms with Crippen LogP contribution in [0.15, 0.2) is 36.5 Å². The number of benzene rings is 1. The van der Waals surface area contributed by atoms with Gasteiger partial charge in [0, 0.05) is 42.5 Å². The minimum absolute atomic E-state index is 0.0342. The van der Waals surface area contributed by atoms with Gasteiger partial charge in [0.15, 0.2) is 0 Å². The third-order valence-electron chi connectivity index (χ3n) is 5.67. The number of amides is 2. The Morgan fingerprint density at radius 2 is 1.94 bits per heavy atom. The smallest absolute Gasteiger partial charge is 0.323 e. The van der Waals surface area contributed by atoms with E-state index in [4.69, 9.17) is 27.9 Å². The number of anilines is 1. The molecular weight excluding hydrogens is 455 g/mol. The molecule has 1 unspecified atom stereocenters. The maximum atomic E-state index is 12.9. The van der Waals surface area contributed by atoms with E-state index in [1.165, 1.54) is 13.1 Å². The first-order chi connectivity index (χ1) is 15.3. The van der Waals surface area contributed by atoms with Crippen LogP contribution in [0.25, 0.3) is 0 Å². The average Bonchev–Trinajstić information content (AvgIpc) is 3.32. The molecule has 2 saturated heterocycles. The maximum absolute atomic E-state index is 12.9. The molecule has 0 saturated carbocycles. The molecule has 2 amide bonds. The number of likely N-dealkylation sites (tertiary alicyclic amines) is 1. The molecule has 10 heteroatoms. The summed E-state index contributed by atoms with van der Waals surface area (Å²) in [6, 6.07) is 7.76. The predicted molar refractivity (Wildman–Crippen MR) is 119 cm³/mol. The molecule has 3 heterocycles. The van der Waals surface area contributed by atoms with E-state index in [2.05, 4.69) is 15.6 Å². The summed E-state index contributed by atoms with van der Waals surface area (Å²) < 4.78 is 5.49. The first kappa shape index (κ1) is 22.5. The van der Waals surface area contributed by atoms with E-state index >= 15 is 0 Å². The molecule has 2 aromatic rings. The number of esters is 1. The van der Waals surface area contributed by atoms with Crippen molar-refractivity contribution in [2.75, 3.05) is 25.0 Å². The van der Waals surface area contributed by atoms with Crippen LogP contribution in [0.1, 0.15) is 23.0 Å². The lowest BCUT2D eigenvalue weighted by molar-refractivity contribution is -0.148. The highest BCUT2D eigenvalue weighted by Gasteiger charge is 2.47. The molecule has 8 nitrogen and oxygen atoms in total. The number of pyridine rings is 1. The van der Waals surface area contributed by atoms with Gasteiger partial charge in [0.1, 0.15) is 18.3 Å². The summed E-state index contributed by atoms with van der Waals surface area (Å²) in [5.74, 6) is -0.638. The average molecular weight is 477 g/mol. The maximum Gasteiger partial charge on any atom is 0.323 e. The van der Waals surface area contributed by atoms with Crippen LogP contribution in [0.5, 0.6) is 0 Å². The summed E-state index contributed by atoms with van der Waals surface area (Å²) in [4.78, 5) is 42.6. The van der Waals surface area contributed by atoms with Crippen LogP contribution in [0.3, 0.4) is 0 Å². The molecule has 1 aromatic heterocycles. The number of aromatic nitrogens is 1. The minimum atomic E-state index is -0.484. The van der Waals surface area contributed by atoms with Gasteiger partial charge in [-0.05, 0) is 41.8 Å². The summed E-state index contributed by atoms with van der Waals surface area (Å²) in [6.07, 6.45) is 1.45. The second-order valence-corrected chi connectivity index (χ2v) is 8.89. The Labute approximate surface area is 195 Å². The zero-order chi connectivity index (χ0) is 22.8. The lowest BCUT2D eigenvalue weighted by Gasteiger charge is -2.20. The molecule has 2 aliphatic heterocycles. The molecular formula is C22H22Cl2N4O4. The van der Waals surface area contributed by atoms with Crippen molar-refractivity contribution in [1.29, 1.82) is 0 Å². The lowest BCUT2D eigenvalue weighted by Crippen LogP contribution is -2.41. The number of fused-ring (bicyclic) bond motifs is 1. The quantitative estimate of drug-likeness (QED) is 0.643. The monoisotopic (exact) mass is 476 g/mol. The molecule has 2 N–H and O–H groups in total. The Hall–Kier alpha value is -2.68. The third-order valence-corrected chi connectivity index (χ3v) is 6.10. The normalized spacial score (nSPS) is 21.8. The number of carbonyl (C=O) groups is 3. The fraction of sp³-hybridized carbons (Fsp3) is 0.364. The Balaban J connectivity index is 1.35. The summed E-state index contributed by atoms with van der Waals surface area (Å²) in [5.41, 5.74) is 1.53. The highest BCUT2D eigenvalue weighted by molar-refractivity contribution is 6.34. The van der Waals surface area contributed by atoms with Gasteiger partial charge in [-0.25, -0.2) is 4.98 Å².